The van der Waals surface area contributed by atoms with Crippen LogP contribution in [0.3, 0.4) is 0 Å². The Morgan fingerprint density at radius 2 is 1.95 bits per heavy atom. The molecule has 9 heteroatoms. The van der Waals surface area contributed by atoms with Crippen LogP contribution in [0, 0.1) is 0 Å². The van der Waals surface area contributed by atoms with Crippen LogP contribution < -0.4 is 5.73 Å². The number of benzene rings is 1. The van der Waals surface area contributed by atoms with Gasteiger partial charge in [-0.3, -0.25) is 4.90 Å². The minimum absolute atomic E-state index is 0.327. The smallest absolute Gasteiger partial charge is 0.475 e. The number of hydrogen-bond acceptors (Lipinski definition) is 3. The summed E-state index contributed by atoms with van der Waals surface area (Å²) in [5.41, 5.74) is 7.04. The Kier molecular flexibility index (Phi) is 6.93. The maximum Gasteiger partial charge on any atom is 0.490 e. The third-order valence-corrected chi connectivity index (χ3v) is 3.68. The van der Waals surface area contributed by atoms with E-state index in [0.717, 1.165) is 26.1 Å². The van der Waals surface area contributed by atoms with Gasteiger partial charge in [0.2, 0.25) is 0 Å². The zero-order valence-electron chi connectivity index (χ0n) is 11.4. The van der Waals surface area contributed by atoms with Gasteiger partial charge in [-0.15, -0.1) is 0 Å². The first-order chi connectivity index (χ1) is 10.1. The van der Waals surface area contributed by atoms with E-state index in [9.17, 15) is 13.2 Å². The molecule has 0 bridgehead atoms. The summed E-state index contributed by atoms with van der Waals surface area (Å²) in [6, 6.07) is 6.11. The number of nitrogens with zero attached hydrogens (tertiary/aromatic N) is 1. The number of carbonyl (C=O) groups is 1. The van der Waals surface area contributed by atoms with Crippen LogP contribution >= 0.6 is 23.2 Å². The lowest BCUT2D eigenvalue weighted by Gasteiger charge is -2.15. The highest BCUT2D eigenvalue weighted by atomic mass is 35.5. The summed E-state index contributed by atoms with van der Waals surface area (Å²) in [5.74, 6) is -2.76. The van der Waals surface area contributed by atoms with Crippen molar-refractivity contribution in [2.75, 3.05) is 13.1 Å². The van der Waals surface area contributed by atoms with Gasteiger partial charge in [-0.2, -0.15) is 13.2 Å². The number of alkyl halides is 3. The molecular weight excluding hydrogens is 344 g/mol. The Bertz CT molecular complexity index is 526. The summed E-state index contributed by atoms with van der Waals surface area (Å²) in [5, 5.41) is 8.36. The zero-order chi connectivity index (χ0) is 16.9. The average molecular weight is 359 g/mol. The molecule has 0 aromatic heterocycles. The van der Waals surface area contributed by atoms with Crippen molar-refractivity contribution in [3.05, 3.63) is 33.8 Å². The summed E-state index contributed by atoms with van der Waals surface area (Å²) in [6.07, 6.45) is -4.00. The molecule has 1 atom stereocenters. The quantitative estimate of drug-likeness (QED) is 0.851. The molecule has 0 amide bonds. The monoisotopic (exact) mass is 358 g/mol. The zero-order valence-corrected chi connectivity index (χ0v) is 12.9. The molecule has 1 aromatic carbocycles. The molecule has 0 radical (unpaired) electrons. The van der Waals surface area contributed by atoms with Crippen LogP contribution in [-0.2, 0) is 11.3 Å². The molecule has 1 aliphatic rings. The van der Waals surface area contributed by atoms with E-state index in [1.54, 1.807) is 0 Å². The van der Waals surface area contributed by atoms with E-state index in [4.69, 9.17) is 38.8 Å². The first-order valence-corrected chi connectivity index (χ1v) is 7.07. The average Bonchev–Trinajstić information content (AvgIpc) is 2.79. The lowest BCUT2D eigenvalue weighted by atomic mass is 10.2. The number of carboxylic acid groups (broad SMARTS) is 1. The number of aliphatic carboxylic acids is 1. The molecule has 1 aliphatic heterocycles. The summed E-state index contributed by atoms with van der Waals surface area (Å²) in [6.45, 7) is 2.95. The van der Waals surface area contributed by atoms with Crippen LogP contribution in [0.15, 0.2) is 18.2 Å². The van der Waals surface area contributed by atoms with Gasteiger partial charge in [0, 0.05) is 25.7 Å². The second-order valence-corrected chi connectivity index (χ2v) is 5.65. The fourth-order valence-electron chi connectivity index (χ4n) is 1.90. The highest BCUT2D eigenvalue weighted by molar-refractivity contribution is 6.42. The standard InChI is InChI=1S/C11H14Cl2N2.C2HF3O2/c12-10-2-1-8(5-11(10)13)6-15-4-3-9(14)7-15;3-2(4,5)1(6)7/h1-2,5,9H,3-4,6-7,14H2;(H,6,7). The summed E-state index contributed by atoms with van der Waals surface area (Å²) < 4.78 is 31.7. The lowest BCUT2D eigenvalue weighted by molar-refractivity contribution is -0.192. The first-order valence-electron chi connectivity index (χ1n) is 6.31. The van der Waals surface area contributed by atoms with Gasteiger partial charge in [0.25, 0.3) is 0 Å². The van der Waals surface area contributed by atoms with Crippen molar-refractivity contribution in [3.8, 4) is 0 Å². The van der Waals surface area contributed by atoms with Gasteiger partial charge in [-0.25, -0.2) is 4.79 Å². The number of halogens is 5. The van der Waals surface area contributed by atoms with E-state index >= 15 is 0 Å². The second kappa shape index (κ2) is 8.01. The normalized spacial score (nSPS) is 18.7. The number of carboxylic acids is 1. The SMILES string of the molecule is NC1CCN(Cc2ccc(Cl)c(Cl)c2)C1.O=C(O)C(F)(F)F. The predicted molar refractivity (Wildman–Crippen MR) is 78.0 cm³/mol. The van der Waals surface area contributed by atoms with Crippen molar-refractivity contribution in [1.82, 2.24) is 4.90 Å². The Morgan fingerprint density at radius 3 is 2.36 bits per heavy atom. The van der Waals surface area contributed by atoms with Gasteiger partial charge < -0.3 is 10.8 Å². The van der Waals surface area contributed by atoms with E-state index in [-0.39, 0.29) is 0 Å². The van der Waals surface area contributed by atoms with Gasteiger partial charge in [0.05, 0.1) is 10.0 Å². The Labute approximate surface area is 135 Å². The number of rotatable bonds is 2. The molecule has 124 valence electrons. The summed E-state index contributed by atoms with van der Waals surface area (Å²) in [4.78, 5) is 11.2. The Hall–Kier alpha value is -1.02. The molecule has 3 N–H and O–H groups in total. The molecule has 2 rings (SSSR count). The van der Waals surface area contributed by atoms with Gasteiger partial charge >= 0.3 is 12.1 Å². The van der Waals surface area contributed by atoms with Crippen LogP contribution in [0.4, 0.5) is 13.2 Å². The van der Waals surface area contributed by atoms with E-state index < -0.39 is 12.1 Å². The molecule has 0 aliphatic carbocycles. The van der Waals surface area contributed by atoms with Crippen molar-refractivity contribution in [3.63, 3.8) is 0 Å². The van der Waals surface area contributed by atoms with Crippen LogP contribution in [-0.4, -0.2) is 41.3 Å². The lowest BCUT2D eigenvalue weighted by Crippen LogP contribution is -2.26. The third-order valence-electron chi connectivity index (χ3n) is 2.94. The van der Waals surface area contributed by atoms with E-state index in [1.165, 1.54) is 5.56 Å². The largest absolute Gasteiger partial charge is 0.490 e. The molecule has 4 nitrogen and oxygen atoms in total. The Morgan fingerprint density at radius 1 is 1.36 bits per heavy atom. The number of hydrogen-bond donors (Lipinski definition) is 2. The molecule has 0 spiro atoms. The number of nitrogens with two attached hydrogens (primary N) is 1. The highest BCUT2D eigenvalue weighted by Gasteiger charge is 2.38. The molecule has 1 fully saturated rings. The highest BCUT2D eigenvalue weighted by Crippen LogP contribution is 2.23. The molecule has 1 saturated heterocycles. The Balaban J connectivity index is 0.000000295. The molecule has 1 unspecified atom stereocenters. The van der Waals surface area contributed by atoms with E-state index in [0.29, 0.717) is 16.1 Å². The van der Waals surface area contributed by atoms with E-state index in [2.05, 4.69) is 4.90 Å². The maximum atomic E-state index is 10.6. The molecule has 1 heterocycles. The van der Waals surface area contributed by atoms with Crippen molar-refractivity contribution >= 4 is 29.2 Å². The molecular formula is C13H15Cl2F3N2O2. The van der Waals surface area contributed by atoms with Gasteiger partial charge in [0.15, 0.2) is 0 Å². The van der Waals surface area contributed by atoms with Crippen LogP contribution in [0.2, 0.25) is 10.0 Å². The summed E-state index contributed by atoms with van der Waals surface area (Å²) >= 11 is 11.8. The summed E-state index contributed by atoms with van der Waals surface area (Å²) in [7, 11) is 0. The maximum absolute atomic E-state index is 10.6. The van der Waals surface area contributed by atoms with Crippen molar-refractivity contribution in [2.24, 2.45) is 5.73 Å². The number of likely N-dealkylation sites (tertiary alicyclic amines) is 1. The topological polar surface area (TPSA) is 66.6 Å². The minimum atomic E-state index is -5.08. The molecule has 22 heavy (non-hydrogen) atoms. The van der Waals surface area contributed by atoms with Crippen LogP contribution in [0.1, 0.15) is 12.0 Å². The van der Waals surface area contributed by atoms with Gasteiger partial charge in [-0.05, 0) is 24.1 Å². The van der Waals surface area contributed by atoms with Crippen molar-refractivity contribution < 1.29 is 23.1 Å². The fraction of sp³-hybridized carbons (Fsp3) is 0.462. The fourth-order valence-corrected chi connectivity index (χ4v) is 2.22. The first kappa shape index (κ1) is 19.0. The minimum Gasteiger partial charge on any atom is -0.475 e. The predicted octanol–water partition coefficient (Wildman–Crippen LogP) is 3.16. The molecule has 0 saturated carbocycles. The third kappa shape index (κ3) is 6.39. The second-order valence-electron chi connectivity index (χ2n) is 4.84. The van der Waals surface area contributed by atoms with Crippen molar-refractivity contribution in [2.45, 2.75) is 25.2 Å². The van der Waals surface area contributed by atoms with Crippen LogP contribution in [0.5, 0.6) is 0 Å². The van der Waals surface area contributed by atoms with E-state index in [1.807, 2.05) is 18.2 Å². The molecule has 1 aromatic rings. The van der Waals surface area contributed by atoms with Gasteiger partial charge in [0.1, 0.15) is 0 Å². The van der Waals surface area contributed by atoms with Crippen LogP contribution in [0.25, 0.3) is 0 Å². The van der Waals surface area contributed by atoms with Crippen molar-refractivity contribution in [1.29, 1.82) is 0 Å². The van der Waals surface area contributed by atoms with Gasteiger partial charge in [-0.1, -0.05) is 29.3 Å².